The molecule has 18 heavy (non-hydrogen) atoms. The van der Waals surface area contributed by atoms with E-state index in [4.69, 9.17) is 0 Å². The SMILES string of the molecule is CCCCCCCCc1ccc(CCCC)cc1. The lowest BCUT2D eigenvalue weighted by Gasteiger charge is -2.04. The highest BCUT2D eigenvalue weighted by Gasteiger charge is 1.96. The van der Waals surface area contributed by atoms with E-state index in [9.17, 15) is 0 Å². The summed E-state index contributed by atoms with van der Waals surface area (Å²) < 4.78 is 0. The van der Waals surface area contributed by atoms with E-state index in [2.05, 4.69) is 38.1 Å². The standard InChI is InChI=1S/C18H30/c1-3-5-7-8-9-10-12-18-15-13-17(14-16-18)11-6-4-2/h13-16H,3-12H2,1-2H3. The number of rotatable bonds is 10. The molecule has 0 aliphatic carbocycles. The smallest absolute Gasteiger partial charge is 0.0279 e. The van der Waals surface area contributed by atoms with Gasteiger partial charge in [0.05, 0.1) is 0 Å². The zero-order valence-electron chi connectivity index (χ0n) is 12.4. The summed E-state index contributed by atoms with van der Waals surface area (Å²) in [5.41, 5.74) is 3.02. The molecular weight excluding hydrogens is 216 g/mol. The molecule has 102 valence electrons. The van der Waals surface area contributed by atoms with Gasteiger partial charge in [-0.15, -0.1) is 0 Å². The average molecular weight is 246 g/mol. The molecule has 0 atom stereocenters. The van der Waals surface area contributed by atoms with Crippen molar-refractivity contribution in [1.29, 1.82) is 0 Å². The quantitative estimate of drug-likeness (QED) is 0.449. The number of benzene rings is 1. The zero-order chi connectivity index (χ0) is 13.1. The molecule has 1 rings (SSSR count). The largest absolute Gasteiger partial charge is 0.0654 e. The molecule has 0 heterocycles. The van der Waals surface area contributed by atoms with Crippen LogP contribution < -0.4 is 0 Å². The predicted molar refractivity (Wildman–Crippen MR) is 82.1 cm³/mol. The van der Waals surface area contributed by atoms with Gasteiger partial charge in [0.15, 0.2) is 0 Å². The first kappa shape index (κ1) is 15.3. The Morgan fingerprint density at radius 2 is 1.00 bits per heavy atom. The highest BCUT2D eigenvalue weighted by molar-refractivity contribution is 5.22. The van der Waals surface area contributed by atoms with Gasteiger partial charge in [0, 0.05) is 0 Å². The third kappa shape index (κ3) is 6.83. The van der Waals surface area contributed by atoms with Crippen LogP contribution in [0.25, 0.3) is 0 Å². The van der Waals surface area contributed by atoms with Gasteiger partial charge in [-0.2, -0.15) is 0 Å². The second kappa shape index (κ2) is 10.2. The summed E-state index contributed by atoms with van der Waals surface area (Å²) in [6.07, 6.45) is 13.5. The average Bonchev–Trinajstić information content (AvgIpc) is 2.42. The van der Waals surface area contributed by atoms with E-state index in [-0.39, 0.29) is 0 Å². The number of aryl methyl sites for hydroxylation is 2. The van der Waals surface area contributed by atoms with Crippen molar-refractivity contribution in [3.05, 3.63) is 35.4 Å². The second-order valence-corrected chi connectivity index (χ2v) is 5.44. The minimum Gasteiger partial charge on any atom is -0.0654 e. The van der Waals surface area contributed by atoms with Crippen molar-refractivity contribution >= 4 is 0 Å². The van der Waals surface area contributed by atoms with Crippen molar-refractivity contribution in [2.75, 3.05) is 0 Å². The fraction of sp³-hybridized carbons (Fsp3) is 0.667. The lowest BCUT2D eigenvalue weighted by Crippen LogP contribution is -1.89. The summed E-state index contributed by atoms with van der Waals surface area (Å²) in [6.45, 7) is 4.53. The first-order valence-electron chi connectivity index (χ1n) is 7.94. The maximum absolute atomic E-state index is 2.33. The van der Waals surface area contributed by atoms with Crippen LogP contribution in [0.15, 0.2) is 24.3 Å². The van der Waals surface area contributed by atoms with Gasteiger partial charge < -0.3 is 0 Å². The molecule has 0 radical (unpaired) electrons. The van der Waals surface area contributed by atoms with Crippen LogP contribution in [0.5, 0.6) is 0 Å². The zero-order valence-corrected chi connectivity index (χ0v) is 12.4. The molecule has 0 spiro atoms. The minimum absolute atomic E-state index is 1.24. The Morgan fingerprint density at radius 1 is 0.556 bits per heavy atom. The lowest BCUT2D eigenvalue weighted by atomic mass is 10.0. The van der Waals surface area contributed by atoms with Gasteiger partial charge in [0.1, 0.15) is 0 Å². The monoisotopic (exact) mass is 246 g/mol. The van der Waals surface area contributed by atoms with E-state index >= 15 is 0 Å². The highest BCUT2D eigenvalue weighted by atomic mass is 14.0. The maximum Gasteiger partial charge on any atom is -0.0279 e. The van der Waals surface area contributed by atoms with Gasteiger partial charge in [-0.3, -0.25) is 0 Å². The van der Waals surface area contributed by atoms with Gasteiger partial charge in [-0.1, -0.05) is 76.6 Å². The van der Waals surface area contributed by atoms with Crippen molar-refractivity contribution in [3.63, 3.8) is 0 Å². The van der Waals surface area contributed by atoms with Crippen LogP contribution in [-0.2, 0) is 12.8 Å². The molecule has 1 aromatic rings. The molecule has 0 saturated carbocycles. The second-order valence-electron chi connectivity index (χ2n) is 5.44. The van der Waals surface area contributed by atoms with Gasteiger partial charge in [-0.05, 0) is 36.8 Å². The lowest BCUT2D eigenvalue weighted by molar-refractivity contribution is 0.607. The molecule has 0 unspecified atom stereocenters. The molecule has 0 N–H and O–H groups in total. The van der Waals surface area contributed by atoms with E-state index in [1.165, 1.54) is 75.3 Å². The van der Waals surface area contributed by atoms with Crippen molar-refractivity contribution in [3.8, 4) is 0 Å². The minimum atomic E-state index is 1.24. The molecule has 0 aliphatic rings. The summed E-state index contributed by atoms with van der Waals surface area (Å²) >= 11 is 0. The molecule has 1 aromatic carbocycles. The summed E-state index contributed by atoms with van der Waals surface area (Å²) in [7, 11) is 0. The predicted octanol–water partition coefficient (Wildman–Crippen LogP) is 5.93. The van der Waals surface area contributed by atoms with Gasteiger partial charge in [0.2, 0.25) is 0 Å². The molecule has 0 amide bonds. The van der Waals surface area contributed by atoms with Gasteiger partial charge in [0.25, 0.3) is 0 Å². The molecule has 0 fully saturated rings. The summed E-state index contributed by atoms with van der Waals surface area (Å²) in [6, 6.07) is 9.30. The Labute approximate surface area is 114 Å². The number of unbranched alkanes of at least 4 members (excludes halogenated alkanes) is 6. The van der Waals surface area contributed by atoms with E-state index in [0.29, 0.717) is 0 Å². The summed E-state index contributed by atoms with van der Waals surface area (Å²) in [5, 5.41) is 0. The molecule has 0 saturated heterocycles. The van der Waals surface area contributed by atoms with Crippen LogP contribution >= 0.6 is 0 Å². The fourth-order valence-electron chi connectivity index (χ4n) is 2.36. The Hall–Kier alpha value is -0.780. The van der Waals surface area contributed by atoms with Crippen molar-refractivity contribution in [2.45, 2.75) is 78.1 Å². The van der Waals surface area contributed by atoms with E-state index in [1.807, 2.05) is 0 Å². The Kier molecular flexibility index (Phi) is 8.63. The Morgan fingerprint density at radius 3 is 1.56 bits per heavy atom. The van der Waals surface area contributed by atoms with Crippen molar-refractivity contribution < 1.29 is 0 Å². The van der Waals surface area contributed by atoms with Crippen LogP contribution in [0.3, 0.4) is 0 Å². The molecule has 0 aliphatic heterocycles. The highest BCUT2D eigenvalue weighted by Crippen LogP contribution is 2.12. The third-order valence-electron chi connectivity index (χ3n) is 3.66. The van der Waals surface area contributed by atoms with Crippen LogP contribution in [0.2, 0.25) is 0 Å². The van der Waals surface area contributed by atoms with Crippen LogP contribution in [0.4, 0.5) is 0 Å². The van der Waals surface area contributed by atoms with Gasteiger partial charge >= 0.3 is 0 Å². The first-order valence-corrected chi connectivity index (χ1v) is 7.94. The molecule has 0 nitrogen and oxygen atoms in total. The third-order valence-corrected chi connectivity index (χ3v) is 3.66. The van der Waals surface area contributed by atoms with Crippen molar-refractivity contribution in [1.82, 2.24) is 0 Å². The fourth-order valence-corrected chi connectivity index (χ4v) is 2.36. The summed E-state index contributed by atoms with van der Waals surface area (Å²) in [5.74, 6) is 0. The van der Waals surface area contributed by atoms with Crippen molar-refractivity contribution in [2.24, 2.45) is 0 Å². The van der Waals surface area contributed by atoms with Crippen LogP contribution in [0, 0.1) is 0 Å². The molecular formula is C18H30. The van der Waals surface area contributed by atoms with Crippen LogP contribution in [-0.4, -0.2) is 0 Å². The first-order chi connectivity index (χ1) is 8.86. The van der Waals surface area contributed by atoms with Crippen LogP contribution in [0.1, 0.15) is 76.3 Å². The van der Waals surface area contributed by atoms with E-state index in [1.54, 1.807) is 0 Å². The van der Waals surface area contributed by atoms with Gasteiger partial charge in [-0.25, -0.2) is 0 Å². The number of hydrogen-bond acceptors (Lipinski definition) is 0. The number of hydrogen-bond donors (Lipinski definition) is 0. The Bertz CT molecular complexity index is 283. The maximum atomic E-state index is 2.33. The normalized spacial score (nSPS) is 10.8. The van der Waals surface area contributed by atoms with E-state index in [0.717, 1.165) is 0 Å². The molecule has 0 bridgehead atoms. The van der Waals surface area contributed by atoms with E-state index < -0.39 is 0 Å². The topological polar surface area (TPSA) is 0 Å². The summed E-state index contributed by atoms with van der Waals surface area (Å²) in [4.78, 5) is 0. The molecule has 0 aromatic heterocycles. The molecule has 0 heteroatoms. The Balaban J connectivity index is 2.14.